The zero-order valence-electron chi connectivity index (χ0n) is 11.8. The maximum absolute atomic E-state index is 4.45. The molecule has 110 valence electrons. The molecular formula is C13H15N5S3. The van der Waals surface area contributed by atoms with Gasteiger partial charge in [-0.25, -0.2) is 19.9 Å². The van der Waals surface area contributed by atoms with Crippen LogP contribution in [0.25, 0.3) is 10.3 Å². The Morgan fingerprint density at radius 2 is 2.14 bits per heavy atom. The molecule has 3 heterocycles. The second-order valence-electron chi connectivity index (χ2n) is 4.31. The van der Waals surface area contributed by atoms with E-state index in [1.54, 1.807) is 40.8 Å². The first-order chi connectivity index (χ1) is 10.3. The molecule has 3 aromatic rings. The Balaban J connectivity index is 1.68. The van der Waals surface area contributed by atoms with E-state index in [9.17, 15) is 0 Å². The van der Waals surface area contributed by atoms with Crippen LogP contribution in [0.3, 0.4) is 0 Å². The minimum absolute atomic E-state index is 0.768. The van der Waals surface area contributed by atoms with Crippen molar-refractivity contribution in [2.75, 3.05) is 18.1 Å². The van der Waals surface area contributed by atoms with Crippen molar-refractivity contribution in [3.63, 3.8) is 0 Å². The zero-order valence-corrected chi connectivity index (χ0v) is 14.2. The van der Waals surface area contributed by atoms with E-state index in [4.69, 9.17) is 0 Å². The van der Waals surface area contributed by atoms with Crippen LogP contribution in [0.1, 0.15) is 16.8 Å². The molecule has 5 nitrogen and oxygen atoms in total. The van der Waals surface area contributed by atoms with E-state index in [0.29, 0.717) is 0 Å². The number of anilines is 1. The molecule has 0 aliphatic carbocycles. The van der Waals surface area contributed by atoms with Crippen molar-refractivity contribution in [2.45, 2.75) is 24.1 Å². The molecule has 0 aliphatic heterocycles. The number of aromatic nitrogens is 4. The number of fused-ring (bicyclic) bond motifs is 1. The Morgan fingerprint density at radius 1 is 1.24 bits per heavy atom. The number of thioether (sulfide) groups is 1. The highest BCUT2D eigenvalue weighted by Gasteiger charge is 2.10. The molecule has 0 radical (unpaired) electrons. The van der Waals surface area contributed by atoms with E-state index < -0.39 is 0 Å². The van der Waals surface area contributed by atoms with Crippen LogP contribution in [-0.2, 0) is 12.8 Å². The fraction of sp³-hybridized carbons (Fsp3) is 0.385. The molecular weight excluding hydrogens is 322 g/mol. The van der Waals surface area contributed by atoms with E-state index in [1.807, 2.05) is 12.5 Å². The average molecular weight is 337 g/mol. The van der Waals surface area contributed by atoms with Gasteiger partial charge in [0.05, 0.1) is 5.01 Å². The van der Waals surface area contributed by atoms with E-state index in [-0.39, 0.29) is 0 Å². The highest BCUT2D eigenvalue weighted by atomic mass is 32.2. The zero-order chi connectivity index (χ0) is 14.7. The Kier molecular flexibility index (Phi) is 4.67. The maximum atomic E-state index is 4.45. The number of thiazole rings is 2. The Hall–Kier alpha value is -1.25. The van der Waals surface area contributed by atoms with Crippen molar-refractivity contribution >= 4 is 50.6 Å². The molecule has 0 amide bonds. The van der Waals surface area contributed by atoms with Crippen LogP contribution in [-0.4, -0.2) is 32.7 Å². The number of aryl methyl sites for hydroxylation is 1. The third-order valence-corrected chi connectivity index (χ3v) is 6.17. The third kappa shape index (κ3) is 3.33. The molecule has 1 N–H and O–H groups in total. The van der Waals surface area contributed by atoms with Gasteiger partial charge in [0.2, 0.25) is 0 Å². The molecule has 0 spiro atoms. The molecule has 3 rings (SSSR count). The van der Waals surface area contributed by atoms with Gasteiger partial charge in [-0.15, -0.1) is 22.7 Å². The summed E-state index contributed by atoms with van der Waals surface area (Å²) in [7, 11) is 0. The van der Waals surface area contributed by atoms with Gasteiger partial charge in [0.1, 0.15) is 16.8 Å². The second kappa shape index (κ2) is 6.67. The summed E-state index contributed by atoms with van der Waals surface area (Å²) < 4.78 is 2.04. The number of nitrogens with one attached hydrogen (secondary N) is 1. The second-order valence-corrected chi connectivity index (χ2v) is 7.56. The van der Waals surface area contributed by atoms with Gasteiger partial charge in [-0.2, -0.15) is 0 Å². The standard InChI is InChI=1S/C13H15N5S3/c1-3-8-6-15-9(20-8)4-5-14-11-10-12(17-7-16-11)18-13(19-2)21-10/h6-7H,3-5H2,1-2H3,(H,14,16,17). The summed E-state index contributed by atoms with van der Waals surface area (Å²) in [6, 6.07) is 0. The lowest BCUT2D eigenvalue weighted by Crippen LogP contribution is -2.06. The van der Waals surface area contributed by atoms with Crippen LogP contribution in [0, 0.1) is 0 Å². The summed E-state index contributed by atoms with van der Waals surface area (Å²) in [5.41, 5.74) is 0.768. The molecule has 8 heteroatoms. The maximum Gasteiger partial charge on any atom is 0.176 e. The predicted molar refractivity (Wildman–Crippen MR) is 90.7 cm³/mol. The van der Waals surface area contributed by atoms with Crippen LogP contribution >= 0.6 is 34.4 Å². The number of rotatable bonds is 6. The number of nitrogens with zero attached hydrogens (tertiary/aromatic N) is 4. The minimum atomic E-state index is 0.768. The molecule has 0 atom stereocenters. The SMILES string of the molecule is CCc1cnc(CCNc2ncnc3nc(SC)sc23)s1. The molecule has 0 fully saturated rings. The number of hydrogen-bond acceptors (Lipinski definition) is 8. The Morgan fingerprint density at radius 3 is 2.90 bits per heavy atom. The molecule has 0 saturated carbocycles. The quantitative estimate of drug-likeness (QED) is 0.695. The third-order valence-electron chi connectivity index (χ3n) is 2.93. The highest BCUT2D eigenvalue weighted by molar-refractivity contribution is 8.00. The lowest BCUT2D eigenvalue weighted by molar-refractivity contribution is 0.986. The minimum Gasteiger partial charge on any atom is -0.368 e. The van der Waals surface area contributed by atoms with Crippen molar-refractivity contribution in [3.05, 3.63) is 22.4 Å². The first-order valence-corrected chi connectivity index (χ1v) is 9.49. The van der Waals surface area contributed by atoms with E-state index in [2.05, 4.69) is 32.2 Å². The monoisotopic (exact) mass is 337 g/mol. The lowest BCUT2D eigenvalue weighted by Gasteiger charge is -2.03. The van der Waals surface area contributed by atoms with Gasteiger partial charge in [-0.1, -0.05) is 18.7 Å². The van der Waals surface area contributed by atoms with Crippen LogP contribution in [0.15, 0.2) is 16.9 Å². The molecule has 0 unspecified atom stereocenters. The van der Waals surface area contributed by atoms with Crippen molar-refractivity contribution < 1.29 is 0 Å². The van der Waals surface area contributed by atoms with Crippen molar-refractivity contribution in [2.24, 2.45) is 0 Å². The molecule has 0 aromatic carbocycles. The van der Waals surface area contributed by atoms with Crippen LogP contribution in [0.2, 0.25) is 0 Å². The van der Waals surface area contributed by atoms with Gasteiger partial charge in [0.15, 0.2) is 9.99 Å². The molecule has 0 saturated heterocycles. The summed E-state index contributed by atoms with van der Waals surface area (Å²) in [6.07, 6.45) is 7.51. The van der Waals surface area contributed by atoms with Crippen LogP contribution in [0.4, 0.5) is 5.82 Å². The van der Waals surface area contributed by atoms with E-state index >= 15 is 0 Å². The van der Waals surface area contributed by atoms with Crippen molar-refractivity contribution in [1.82, 2.24) is 19.9 Å². The Labute approximate surface area is 135 Å². The summed E-state index contributed by atoms with van der Waals surface area (Å²) in [6.45, 7) is 2.97. The number of hydrogen-bond donors (Lipinski definition) is 1. The first kappa shape index (κ1) is 14.7. The molecule has 0 aliphatic rings. The summed E-state index contributed by atoms with van der Waals surface area (Å²) in [5, 5.41) is 4.54. The van der Waals surface area contributed by atoms with Gasteiger partial charge in [0, 0.05) is 24.0 Å². The molecule has 3 aromatic heterocycles. The fourth-order valence-corrected chi connectivity index (χ4v) is 4.20. The van der Waals surface area contributed by atoms with Crippen LogP contribution in [0.5, 0.6) is 0 Å². The topological polar surface area (TPSA) is 63.6 Å². The van der Waals surface area contributed by atoms with E-state index in [0.717, 1.165) is 39.9 Å². The molecule has 21 heavy (non-hydrogen) atoms. The molecule has 0 bridgehead atoms. The van der Waals surface area contributed by atoms with Crippen molar-refractivity contribution in [3.8, 4) is 0 Å². The Bertz CT molecular complexity index is 736. The first-order valence-electron chi connectivity index (χ1n) is 6.63. The average Bonchev–Trinajstić information content (AvgIpc) is 3.13. The van der Waals surface area contributed by atoms with Gasteiger partial charge in [-0.3, -0.25) is 0 Å². The largest absolute Gasteiger partial charge is 0.368 e. The van der Waals surface area contributed by atoms with Gasteiger partial charge >= 0.3 is 0 Å². The van der Waals surface area contributed by atoms with Crippen LogP contribution < -0.4 is 5.32 Å². The predicted octanol–water partition coefficient (Wildman–Crippen LogP) is 3.48. The fourth-order valence-electron chi connectivity index (χ4n) is 1.86. The van der Waals surface area contributed by atoms with E-state index in [1.165, 1.54) is 9.88 Å². The summed E-state index contributed by atoms with van der Waals surface area (Å²) >= 11 is 5.04. The van der Waals surface area contributed by atoms with Gasteiger partial charge in [0.25, 0.3) is 0 Å². The summed E-state index contributed by atoms with van der Waals surface area (Å²) in [4.78, 5) is 18.8. The highest BCUT2D eigenvalue weighted by Crippen LogP contribution is 2.30. The smallest absolute Gasteiger partial charge is 0.176 e. The lowest BCUT2D eigenvalue weighted by atomic mass is 10.4. The van der Waals surface area contributed by atoms with Crippen molar-refractivity contribution in [1.29, 1.82) is 0 Å². The summed E-state index contributed by atoms with van der Waals surface area (Å²) in [5.74, 6) is 0.866. The normalized spacial score (nSPS) is 11.1. The van der Waals surface area contributed by atoms with Gasteiger partial charge in [-0.05, 0) is 12.7 Å². The van der Waals surface area contributed by atoms with Gasteiger partial charge < -0.3 is 5.32 Å².